The minimum absolute atomic E-state index is 0.565. The van der Waals surface area contributed by atoms with Crippen LogP contribution in [0.5, 0.6) is 0 Å². The largest absolute Gasteiger partial charge is 0.0996 e. The molecule has 0 aliphatic heterocycles. The molecule has 2 aliphatic rings. The minimum Gasteiger partial charge on any atom is -0.0996 e. The molecular weight excluding hydrogens is 288 g/mol. The first kappa shape index (κ1) is 19.9. The van der Waals surface area contributed by atoms with Gasteiger partial charge in [-0.25, -0.2) is 0 Å². The van der Waals surface area contributed by atoms with Crippen molar-refractivity contribution >= 4 is 0 Å². The smallest absolute Gasteiger partial charge is 0.0208 e. The molecule has 0 bridgehead atoms. The molecule has 0 aromatic carbocycles. The third kappa shape index (κ3) is 6.82. The fraction of sp³-hybridized carbons (Fsp3) is 0.917. The molecule has 0 nitrogen and oxygen atoms in total. The van der Waals surface area contributed by atoms with Crippen molar-refractivity contribution in [1.82, 2.24) is 0 Å². The molecule has 24 heavy (non-hydrogen) atoms. The maximum atomic E-state index is 3.56. The topological polar surface area (TPSA) is 0 Å². The minimum atomic E-state index is 0.565. The van der Waals surface area contributed by atoms with Crippen LogP contribution in [0.15, 0.2) is 0 Å². The maximum absolute atomic E-state index is 3.56. The van der Waals surface area contributed by atoms with Gasteiger partial charge in [0.05, 0.1) is 0 Å². The molecule has 138 valence electrons. The van der Waals surface area contributed by atoms with Crippen molar-refractivity contribution in [2.24, 2.45) is 41.4 Å². The molecule has 0 aromatic heterocycles. The second-order valence-corrected chi connectivity index (χ2v) is 9.80. The van der Waals surface area contributed by atoms with Crippen molar-refractivity contribution in [1.29, 1.82) is 0 Å². The Hall–Kier alpha value is -0.440. The summed E-state index contributed by atoms with van der Waals surface area (Å²) in [4.78, 5) is 0. The van der Waals surface area contributed by atoms with Crippen LogP contribution < -0.4 is 0 Å². The van der Waals surface area contributed by atoms with E-state index >= 15 is 0 Å². The van der Waals surface area contributed by atoms with Crippen molar-refractivity contribution < 1.29 is 0 Å². The summed E-state index contributed by atoms with van der Waals surface area (Å²) >= 11 is 0. The predicted molar refractivity (Wildman–Crippen MR) is 107 cm³/mol. The SMILES string of the molecule is CC(C)CCCC1CCC(CC2CC(C#CC(C)C(C)C)C2)CC1. The average Bonchev–Trinajstić information content (AvgIpc) is 2.50. The Balaban J connectivity index is 1.56. The van der Waals surface area contributed by atoms with Gasteiger partial charge in [0.15, 0.2) is 0 Å². The fourth-order valence-corrected chi connectivity index (χ4v) is 4.50. The Kier molecular flexibility index (Phi) is 8.19. The summed E-state index contributed by atoms with van der Waals surface area (Å²) in [6.07, 6.45) is 14.8. The number of hydrogen-bond donors (Lipinski definition) is 0. The van der Waals surface area contributed by atoms with Crippen molar-refractivity contribution in [2.45, 2.75) is 98.8 Å². The Morgan fingerprint density at radius 3 is 2.04 bits per heavy atom. The van der Waals surface area contributed by atoms with Crippen LogP contribution in [-0.4, -0.2) is 0 Å². The van der Waals surface area contributed by atoms with E-state index in [0.29, 0.717) is 11.8 Å². The van der Waals surface area contributed by atoms with Crippen LogP contribution >= 0.6 is 0 Å². The first-order valence-corrected chi connectivity index (χ1v) is 10.9. The van der Waals surface area contributed by atoms with Crippen molar-refractivity contribution in [3.05, 3.63) is 0 Å². The van der Waals surface area contributed by atoms with Crippen molar-refractivity contribution in [3.8, 4) is 11.8 Å². The molecule has 0 N–H and O–H groups in total. The van der Waals surface area contributed by atoms with E-state index in [1.807, 2.05) is 0 Å². The monoisotopic (exact) mass is 330 g/mol. The van der Waals surface area contributed by atoms with Gasteiger partial charge in [-0.3, -0.25) is 0 Å². The molecule has 2 fully saturated rings. The third-order valence-electron chi connectivity index (χ3n) is 6.78. The summed E-state index contributed by atoms with van der Waals surface area (Å²) in [5.74, 6) is 13.0. The summed E-state index contributed by atoms with van der Waals surface area (Å²) in [7, 11) is 0. The van der Waals surface area contributed by atoms with Crippen LogP contribution in [0.4, 0.5) is 0 Å². The summed E-state index contributed by atoms with van der Waals surface area (Å²) in [5.41, 5.74) is 0. The molecule has 0 radical (unpaired) electrons. The second kappa shape index (κ2) is 9.89. The predicted octanol–water partition coefficient (Wildman–Crippen LogP) is 7.33. The highest BCUT2D eigenvalue weighted by Gasteiger charge is 2.31. The lowest BCUT2D eigenvalue weighted by molar-refractivity contribution is 0.160. The zero-order valence-electron chi connectivity index (χ0n) is 17.1. The van der Waals surface area contributed by atoms with Crippen LogP contribution in [0.25, 0.3) is 0 Å². The van der Waals surface area contributed by atoms with Crippen LogP contribution in [0.1, 0.15) is 98.8 Å². The Morgan fingerprint density at radius 2 is 1.46 bits per heavy atom. The molecule has 1 atom stereocenters. The average molecular weight is 331 g/mol. The molecule has 2 rings (SSSR count). The van der Waals surface area contributed by atoms with E-state index in [0.717, 1.165) is 29.6 Å². The standard InChI is InChI=1S/C24H42/c1-18(2)7-6-8-21-11-13-22(14-12-21)15-24-16-23(17-24)10-9-20(5)19(3)4/h18-24H,6-8,11-17H2,1-5H3. The van der Waals surface area contributed by atoms with Crippen LogP contribution in [0, 0.1) is 53.3 Å². The first-order valence-electron chi connectivity index (χ1n) is 10.9. The zero-order chi connectivity index (χ0) is 17.5. The zero-order valence-corrected chi connectivity index (χ0v) is 17.1. The van der Waals surface area contributed by atoms with Gasteiger partial charge in [-0.05, 0) is 48.9 Å². The van der Waals surface area contributed by atoms with Crippen LogP contribution in [0.2, 0.25) is 0 Å². The molecular formula is C24H42. The maximum Gasteiger partial charge on any atom is 0.0208 e. The van der Waals surface area contributed by atoms with E-state index in [9.17, 15) is 0 Å². The summed E-state index contributed by atoms with van der Waals surface area (Å²) in [6, 6.07) is 0. The molecule has 0 amide bonds. The highest BCUT2D eigenvalue weighted by Crippen LogP contribution is 2.42. The normalized spacial score (nSPS) is 31.5. The molecule has 2 saturated carbocycles. The Bertz CT molecular complexity index is 393. The second-order valence-electron chi connectivity index (χ2n) is 9.80. The van der Waals surface area contributed by atoms with Crippen molar-refractivity contribution in [3.63, 3.8) is 0 Å². The lowest BCUT2D eigenvalue weighted by Crippen LogP contribution is -2.26. The Labute approximate surface area is 152 Å². The van der Waals surface area contributed by atoms with Gasteiger partial charge < -0.3 is 0 Å². The quantitative estimate of drug-likeness (QED) is 0.429. The van der Waals surface area contributed by atoms with Gasteiger partial charge in [0, 0.05) is 11.8 Å². The molecule has 0 spiro atoms. The lowest BCUT2D eigenvalue weighted by Gasteiger charge is -2.37. The summed E-state index contributed by atoms with van der Waals surface area (Å²) in [6.45, 7) is 11.5. The van der Waals surface area contributed by atoms with Crippen LogP contribution in [-0.2, 0) is 0 Å². The Morgan fingerprint density at radius 1 is 0.833 bits per heavy atom. The van der Waals surface area contributed by atoms with Gasteiger partial charge >= 0.3 is 0 Å². The third-order valence-corrected chi connectivity index (χ3v) is 6.78. The van der Waals surface area contributed by atoms with E-state index in [4.69, 9.17) is 0 Å². The van der Waals surface area contributed by atoms with E-state index in [1.54, 1.807) is 0 Å². The molecule has 0 aromatic rings. The lowest BCUT2D eigenvalue weighted by atomic mass is 9.68. The van der Waals surface area contributed by atoms with Gasteiger partial charge in [-0.1, -0.05) is 91.4 Å². The number of hydrogen-bond acceptors (Lipinski definition) is 0. The van der Waals surface area contributed by atoms with Gasteiger partial charge in [0.2, 0.25) is 0 Å². The molecule has 0 heterocycles. The molecule has 0 saturated heterocycles. The van der Waals surface area contributed by atoms with E-state index in [-0.39, 0.29) is 0 Å². The summed E-state index contributed by atoms with van der Waals surface area (Å²) in [5, 5.41) is 0. The van der Waals surface area contributed by atoms with Crippen molar-refractivity contribution in [2.75, 3.05) is 0 Å². The van der Waals surface area contributed by atoms with Crippen LogP contribution in [0.3, 0.4) is 0 Å². The molecule has 2 aliphatic carbocycles. The number of rotatable bonds is 7. The first-order chi connectivity index (χ1) is 11.4. The van der Waals surface area contributed by atoms with Gasteiger partial charge in [-0.2, -0.15) is 0 Å². The summed E-state index contributed by atoms with van der Waals surface area (Å²) < 4.78 is 0. The van der Waals surface area contributed by atoms with E-state index in [2.05, 4.69) is 46.5 Å². The van der Waals surface area contributed by atoms with Gasteiger partial charge in [0.1, 0.15) is 0 Å². The van der Waals surface area contributed by atoms with E-state index in [1.165, 1.54) is 64.2 Å². The highest BCUT2D eigenvalue weighted by atomic mass is 14.4. The van der Waals surface area contributed by atoms with Gasteiger partial charge in [-0.15, -0.1) is 0 Å². The molecule has 0 heteroatoms. The fourth-order valence-electron chi connectivity index (χ4n) is 4.50. The van der Waals surface area contributed by atoms with Gasteiger partial charge in [0.25, 0.3) is 0 Å². The molecule has 1 unspecified atom stereocenters. The highest BCUT2D eigenvalue weighted by molar-refractivity contribution is 5.10. The van der Waals surface area contributed by atoms with E-state index < -0.39 is 0 Å².